The monoisotopic (exact) mass is 217 g/mol. The fourth-order valence-electron chi connectivity index (χ4n) is 1.65. The Morgan fingerprint density at radius 3 is 2.69 bits per heavy atom. The zero-order valence-electron chi connectivity index (χ0n) is 9.24. The van der Waals surface area contributed by atoms with Crippen LogP contribution in [-0.2, 0) is 19.9 Å². The molecule has 0 fully saturated rings. The molecule has 16 heavy (non-hydrogen) atoms. The molecule has 0 radical (unpaired) electrons. The summed E-state index contributed by atoms with van der Waals surface area (Å²) in [6, 6.07) is 7.63. The van der Waals surface area contributed by atoms with E-state index in [1.807, 2.05) is 37.5 Å². The number of rotatable bonds is 4. The van der Waals surface area contributed by atoms with Crippen molar-refractivity contribution in [3.05, 3.63) is 48.0 Å². The van der Waals surface area contributed by atoms with E-state index < -0.39 is 6.10 Å². The molecule has 0 bridgehead atoms. The van der Waals surface area contributed by atoms with Gasteiger partial charge in [0.2, 0.25) is 0 Å². The fourth-order valence-corrected chi connectivity index (χ4v) is 1.65. The minimum Gasteiger partial charge on any atom is -0.392 e. The Kier molecular flexibility index (Phi) is 3.31. The molecular formula is C12H15N3O. The van der Waals surface area contributed by atoms with Gasteiger partial charge in [-0.25, -0.2) is 0 Å². The van der Waals surface area contributed by atoms with Gasteiger partial charge in [0.15, 0.2) is 0 Å². The van der Waals surface area contributed by atoms with E-state index in [2.05, 4.69) is 10.1 Å². The van der Waals surface area contributed by atoms with E-state index in [4.69, 9.17) is 0 Å². The van der Waals surface area contributed by atoms with Crippen molar-refractivity contribution in [3.63, 3.8) is 0 Å². The summed E-state index contributed by atoms with van der Waals surface area (Å²) in [5, 5.41) is 14.1. The normalized spacial score (nSPS) is 12.6. The highest BCUT2D eigenvalue weighted by Gasteiger charge is 2.09. The van der Waals surface area contributed by atoms with Crippen LogP contribution in [0.1, 0.15) is 11.4 Å². The maximum atomic E-state index is 9.88. The van der Waals surface area contributed by atoms with Gasteiger partial charge in [-0.05, 0) is 18.2 Å². The van der Waals surface area contributed by atoms with Crippen molar-refractivity contribution >= 4 is 0 Å². The third-order valence-corrected chi connectivity index (χ3v) is 2.38. The number of hydrogen-bond donors (Lipinski definition) is 1. The van der Waals surface area contributed by atoms with E-state index >= 15 is 0 Å². The topological polar surface area (TPSA) is 50.9 Å². The van der Waals surface area contributed by atoms with Crippen molar-refractivity contribution in [2.45, 2.75) is 18.9 Å². The summed E-state index contributed by atoms with van der Waals surface area (Å²) < 4.78 is 1.74. The van der Waals surface area contributed by atoms with Gasteiger partial charge in [0.25, 0.3) is 0 Å². The molecule has 0 aromatic carbocycles. The van der Waals surface area contributed by atoms with Crippen LogP contribution in [0.15, 0.2) is 36.7 Å². The summed E-state index contributed by atoms with van der Waals surface area (Å²) >= 11 is 0. The van der Waals surface area contributed by atoms with Gasteiger partial charge in [0.05, 0.1) is 11.8 Å². The van der Waals surface area contributed by atoms with Gasteiger partial charge < -0.3 is 5.11 Å². The molecule has 1 N–H and O–H groups in total. The van der Waals surface area contributed by atoms with Crippen LogP contribution in [0, 0.1) is 0 Å². The van der Waals surface area contributed by atoms with Crippen LogP contribution < -0.4 is 0 Å². The number of pyridine rings is 1. The Morgan fingerprint density at radius 2 is 2.06 bits per heavy atom. The van der Waals surface area contributed by atoms with Gasteiger partial charge in [0, 0.05) is 38.0 Å². The fraction of sp³-hybridized carbons (Fsp3) is 0.333. The van der Waals surface area contributed by atoms with Crippen LogP contribution in [0.4, 0.5) is 0 Å². The summed E-state index contributed by atoms with van der Waals surface area (Å²) in [5.41, 5.74) is 1.82. The molecule has 0 saturated carbocycles. The smallest absolute Gasteiger partial charge is 0.0651 e. The molecule has 1 unspecified atom stereocenters. The third-order valence-electron chi connectivity index (χ3n) is 2.38. The molecule has 1 atom stereocenters. The van der Waals surface area contributed by atoms with Crippen LogP contribution in [-0.4, -0.2) is 26.0 Å². The van der Waals surface area contributed by atoms with Crippen molar-refractivity contribution in [2.24, 2.45) is 7.05 Å². The standard InChI is InChI=1S/C12H15N3O/c1-15-7-5-11(14-15)9-12(16)8-10-4-2-3-6-13-10/h2-7,12,16H,8-9H2,1H3. The summed E-state index contributed by atoms with van der Waals surface area (Å²) in [4.78, 5) is 4.18. The minimum absolute atomic E-state index is 0.426. The number of aromatic nitrogens is 3. The average Bonchev–Trinajstić information content (AvgIpc) is 2.65. The van der Waals surface area contributed by atoms with E-state index in [1.165, 1.54) is 0 Å². The molecule has 84 valence electrons. The second-order valence-corrected chi connectivity index (χ2v) is 3.86. The maximum Gasteiger partial charge on any atom is 0.0651 e. The number of aryl methyl sites for hydroxylation is 1. The van der Waals surface area contributed by atoms with Gasteiger partial charge in [0.1, 0.15) is 0 Å². The zero-order valence-corrected chi connectivity index (χ0v) is 9.24. The second-order valence-electron chi connectivity index (χ2n) is 3.86. The van der Waals surface area contributed by atoms with Gasteiger partial charge in [-0.1, -0.05) is 6.07 Å². The lowest BCUT2D eigenvalue weighted by atomic mass is 10.1. The van der Waals surface area contributed by atoms with Crippen molar-refractivity contribution in [1.82, 2.24) is 14.8 Å². The highest BCUT2D eigenvalue weighted by atomic mass is 16.3. The molecule has 0 spiro atoms. The molecule has 4 nitrogen and oxygen atoms in total. The SMILES string of the molecule is Cn1ccc(CC(O)Cc2ccccn2)n1. The van der Waals surface area contributed by atoms with E-state index in [0.717, 1.165) is 11.4 Å². The molecule has 0 saturated heterocycles. The highest BCUT2D eigenvalue weighted by Crippen LogP contribution is 2.05. The second kappa shape index (κ2) is 4.90. The predicted molar refractivity (Wildman–Crippen MR) is 60.9 cm³/mol. The lowest BCUT2D eigenvalue weighted by Crippen LogP contribution is -2.15. The Hall–Kier alpha value is -1.68. The Bertz CT molecular complexity index is 439. The molecule has 2 rings (SSSR count). The van der Waals surface area contributed by atoms with E-state index in [0.29, 0.717) is 12.8 Å². The van der Waals surface area contributed by atoms with Crippen LogP contribution in [0.25, 0.3) is 0 Å². The number of hydrogen-bond acceptors (Lipinski definition) is 3. The summed E-state index contributed by atoms with van der Waals surface area (Å²) in [5.74, 6) is 0. The minimum atomic E-state index is -0.426. The summed E-state index contributed by atoms with van der Waals surface area (Å²) in [7, 11) is 1.87. The van der Waals surface area contributed by atoms with Gasteiger partial charge in [-0.15, -0.1) is 0 Å². The molecule has 2 aromatic heterocycles. The van der Waals surface area contributed by atoms with Crippen molar-refractivity contribution in [2.75, 3.05) is 0 Å². The quantitative estimate of drug-likeness (QED) is 0.830. The molecule has 2 aromatic rings. The van der Waals surface area contributed by atoms with Gasteiger partial charge in [-0.2, -0.15) is 5.10 Å². The third kappa shape index (κ3) is 2.90. The summed E-state index contributed by atoms with van der Waals surface area (Å²) in [6.45, 7) is 0. The Labute approximate surface area is 94.6 Å². The predicted octanol–water partition coefficient (Wildman–Crippen LogP) is 0.961. The highest BCUT2D eigenvalue weighted by molar-refractivity contribution is 5.07. The van der Waals surface area contributed by atoms with Gasteiger partial charge in [-0.3, -0.25) is 9.67 Å². The van der Waals surface area contributed by atoms with Crippen LogP contribution in [0.2, 0.25) is 0 Å². The van der Waals surface area contributed by atoms with Crippen molar-refractivity contribution < 1.29 is 5.11 Å². The summed E-state index contributed by atoms with van der Waals surface area (Å²) in [6.07, 6.45) is 4.32. The molecular weight excluding hydrogens is 202 g/mol. The van der Waals surface area contributed by atoms with Crippen molar-refractivity contribution in [3.8, 4) is 0 Å². The van der Waals surface area contributed by atoms with E-state index in [1.54, 1.807) is 10.9 Å². The first-order valence-corrected chi connectivity index (χ1v) is 5.30. The molecule has 0 aliphatic rings. The van der Waals surface area contributed by atoms with Crippen LogP contribution >= 0.6 is 0 Å². The average molecular weight is 217 g/mol. The first-order chi connectivity index (χ1) is 7.74. The molecule has 0 amide bonds. The Balaban J connectivity index is 1.92. The van der Waals surface area contributed by atoms with Crippen LogP contribution in [0.5, 0.6) is 0 Å². The largest absolute Gasteiger partial charge is 0.392 e. The van der Waals surface area contributed by atoms with Crippen LogP contribution in [0.3, 0.4) is 0 Å². The lowest BCUT2D eigenvalue weighted by molar-refractivity contribution is 0.173. The van der Waals surface area contributed by atoms with Crippen molar-refractivity contribution in [1.29, 1.82) is 0 Å². The number of aliphatic hydroxyl groups is 1. The Morgan fingerprint density at radius 1 is 1.25 bits per heavy atom. The molecule has 0 aliphatic heterocycles. The first kappa shape index (κ1) is 10.8. The lowest BCUT2D eigenvalue weighted by Gasteiger charge is -2.07. The van der Waals surface area contributed by atoms with E-state index in [9.17, 15) is 5.11 Å². The van der Waals surface area contributed by atoms with E-state index in [-0.39, 0.29) is 0 Å². The van der Waals surface area contributed by atoms with Gasteiger partial charge >= 0.3 is 0 Å². The number of nitrogens with zero attached hydrogens (tertiary/aromatic N) is 3. The maximum absolute atomic E-state index is 9.88. The molecule has 0 aliphatic carbocycles. The molecule has 4 heteroatoms. The first-order valence-electron chi connectivity index (χ1n) is 5.30. The number of aliphatic hydroxyl groups excluding tert-OH is 1. The molecule has 2 heterocycles. The zero-order chi connectivity index (χ0) is 11.4.